The van der Waals surface area contributed by atoms with Crippen molar-refractivity contribution in [2.45, 2.75) is 20.3 Å². The monoisotopic (exact) mass is 384 g/mol. The zero-order valence-corrected chi connectivity index (χ0v) is 16.2. The minimum absolute atomic E-state index is 0.0679. The third-order valence-electron chi connectivity index (χ3n) is 4.80. The maximum atomic E-state index is 13.1. The van der Waals surface area contributed by atoms with E-state index in [4.69, 9.17) is 0 Å². The fourth-order valence-corrected chi connectivity index (χ4v) is 3.21. The summed E-state index contributed by atoms with van der Waals surface area (Å²) < 4.78 is 0. The summed E-state index contributed by atoms with van der Waals surface area (Å²) in [6, 6.07) is 14.7. The van der Waals surface area contributed by atoms with Crippen molar-refractivity contribution in [3.05, 3.63) is 83.3 Å². The molecule has 4 rings (SSSR count). The normalized spacial score (nSPS) is 10.8. The molecule has 6 nitrogen and oxygen atoms in total. The number of hydrogen-bond acceptors (Lipinski definition) is 5. The Bertz CT molecular complexity index is 1210. The van der Waals surface area contributed by atoms with Crippen LogP contribution >= 0.6 is 0 Å². The Kier molecular flexibility index (Phi) is 4.91. The van der Waals surface area contributed by atoms with E-state index in [-0.39, 0.29) is 11.6 Å². The van der Waals surface area contributed by atoms with Crippen LogP contribution in [0.25, 0.3) is 11.0 Å². The van der Waals surface area contributed by atoms with Crippen molar-refractivity contribution >= 4 is 34.1 Å². The molecule has 0 atom stereocenters. The highest BCUT2D eigenvalue weighted by atomic mass is 16.1. The number of rotatable bonds is 6. The Morgan fingerprint density at radius 3 is 2.59 bits per heavy atom. The lowest BCUT2D eigenvalue weighted by Crippen LogP contribution is -2.03. The third-order valence-corrected chi connectivity index (χ3v) is 4.80. The number of hydrogen-bond donors (Lipinski definition) is 2. The molecule has 2 N–H and O–H groups in total. The molecule has 0 saturated carbocycles. The smallest absolute Gasteiger partial charge is 0.195 e. The Labute approximate surface area is 168 Å². The van der Waals surface area contributed by atoms with Crippen LogP contribution in [0.1, 0.15) is 45.2 Å². The van der Waals surface area contributed by atoms with E-state index in [0.29, 0.717) is 40.0 Å². The van der Waals surface area contributed by atoms with E-state index in [1.807, 2.05) is 50.2 Å². The van der Waals surface area contributed by atoms with Crippen LogP contribution in [0.4, 0.5) is 11.5 Å². The summed E-state index contributed by atoms with van der Waals surface area (Å²) in [5.41, 5.74) is 4.10. The molecule has 2 aromatic heterocycles. The van der Waals surface area contributed by atoms with Gasteiger partial charge in [0, 0.05) is 29.4 Å². The molecule has 29 heavy (non-hydrogen) atoms. The third kappa shape index (κ3) is 3.65. The molecule has 0 radical (unpaired) electrons. The number of Topliss-reactive ketones (excluding diaryl/α,β-unsaturated/α-hetero) is 1. The largest absolute Gasteiger partial charge is 0.345 e. The van der Waals surface area contributed by atoms with Crippen LogP contribution < -0.4 is 5.32 Å². The molecule has 0 saturated heterocycles. The van der Waals surface area contributed by atoms with E-state index < -0.39 is 0 Å². The molecule has 0 fully saturated rings. The molecular weight excluding hydrogens is 364 g/mol. The van der Waals surface area contributed by atoms with Crippen LogP contribution in [0.5, 0.6) is 0 Å². The van der Waals surface area contributed by atoms with Crippen molar-refractivity contribution in [1.29, 1.82) is 0 Å². The average molecular weight is 384 g/mol. The molecule has 0 aliphatic rings. The fraction of sp³-hybridized carbons (Fsp3) is 0.130. The lowest BCUT2D eigenvalue weighted by Gasteiger charge is -2.09. The molecule has 6 heteroatoms. The van der Waals surface area contributed by atoms with Crippen molar-refractivity contribution in [3.8, 4) is 0 Å². The molecule has 4 aromatic rings. The van der Waals surface area contributed by atoms with Crippen molar-refractivity contribution in [3.63, 3.8) is 0 Å². The number of aryl methyl sites for hydroxylation is 1. The molecule has 144 valence electrons. The van der Waals surface area contributed by atoms with Gasteiger partial charge in [-0.3, -0.25) is 9.59 Å². The van der Waals surface area contributed by atoms with Gasteiger partial charge in [0.2, 0.25) is 0 Å². The van der Waals surface area contributed by atoms with Crippen LogP contribution in [0.2, 0.25) is 0 Å². The topological polar surface area (TPSA) is 87.7 Å². The van der Waals surface area contributed by atoms with Crippen LogP contribution in [0.3, 0.4) is 0 Å². The van der Waals surface area contributed by atoms with E-state index >= 15 is 0 Å². The number of nitrogens with zero attached hydrogens (tertiary/aromatic N) is 2. The molecule has 0 bridgehead atoms. The summed E-state index contributed by atoms with van der Waals surface area (Å²) in [5.74, 6) is 0.468. The minimum Gasteiger partial charge on any atom is -0.345 e. The average Bonchev–Trinajstić information content (AvgIpc) is 3.18. The molecule has 0 aliphatic heterocycles. The highest BCUT2D eigenvalue weighted by Crippen LogP contribution is 2.28. The number of H-pyrrole nitrogens is 1. The number of ketones is 2. The van der Waals surface area contributed by atoms with Gasteiger partial charge in [-0.1, -0.05) is 48.9 Å². The highest BCUT2D eigenvalue weighted by Gasteiger charge is 2.18. The number of nitrogens with one attached hydrogen (secondary N) is 2. The first-order chi connectivity index (χ1) is 14.1. The molecule has 2 heterocycles. The maximum Gasteiger partial charge on any atom is 0.195 e. The molecule has 0 aliphatic carbocycles. The Morgan fingerprint density at radius 1 is 1.03 bits per heavy atom. The van der Waals surface area contributed by atoms with Crippen LogP contribution in [0.15, 0.2) is 61.1 Å². The maximum absolute atomic E-state index is 13.1. The predicted molar refractivity (Wildman–Crippen MR) is 113 cm³/mol. The summed E-state index contributed by atoms with van der Waals surface area (Å²) in [4.78, 5) is 36.7. The lowest BCUT2D eigenvalue weighted by molar-refractivity contribution is 0.0987. The van der Waals surface area contributed by atoms with Gasteiger partial charge < -0.3 is 10.3 Å². The molecular formula is C23H20N4O2. The SMILES string of the molecule is CCC(=O)c1cccc(Nc2ncnc3[nH]cc(C(=O)c4ccc(C)cc4)c23)c1. The first-order valence-electron chi connectivity index (χ1n) is 9.40. The summed E-state index contributed by atoms with van der Waals surface area (Å²) in [6.45, 7) is 3.81. The van der Waals surface area contributed by atoms with Crippen molar-refractivity contribution < 1.29 is 9.59 Å². The first-order valence-corrected chi connectivity index (χ1v) is 9.40. The van der Waals surface area contributed by atoms with E-state index in [9.17, 15) is 9.59 Å². The number of fused-ring (bicyclic) bond motifs is 1. The molecule has 0 unspecified atom stereocenters. The second kappa shape index (κ2) is 7.67. The number of anilines is 2. The quantitative estimate of drug-likeness (QED) is 0.465. The zero-order chi connectivity index (χ0) is 20.4. The van der Waals surface area contributed by atoms with Gasteiger partial charge in [0.05, 0.1) is 10.9 Å². The summed E-state index contributed by atoms with van der Waals surface area (Å²) in [5, 5.41) is 3.85. The highest BCUT2D eigenvalue weighted by molar-refractivity contribution is 6.18. The minimum atomic E-state index is -0.107. The van der Waals surface area contributed by atoms with Gasteiger partial charge in [0.1, 0.15) is 17.8 Å². The van der Waals surface area contributed by atoms with E-state index in [2.05, 4.69) is 20.3 Å². The molecule has 0 spiro atoms. The fourth-order valence-electron chi connectivity index (χ4n) is 3.21. The van der Waals surface area contributed by atoms with E-state index in [0.717, 1.165) is 11.3 Å². The second-order valence-corrected chi connectivity index (χ2v) is 6.83. The molecule has 0 amide bonds. The van der Waals surface area contributed by atoms with E-state index in [1.165, 1.54) is 6.33 Å². The Hall–Kier alpha value is -3.80. The number of carbonyl (C=O) groups excluding carboxylic acids is 2. The summed E-state index contributed by atoms with van der Waals surface area (Å²) >= 11 is 0. The predicted octanol–water partition coefficient (Wildman–Crippen LogP) is 4.83. The van der Waals surface area contributed by atoms with E-state index in [1.54, 1.807) is 18.3 Å². The Morgan fingerprint density at radius 2 is 1.83 bits per heavy atom. The molecule has 2 aromatic carbocycles. The summed E-state index contributed by atoms with van der Waals surface area (Å²) in [7, 11) is 0. The number of benzene rings is 2. The number of carbonyl (C=O) groups is 2. The second-order valence-electron chi connectivity index (χ2n) is 6.83. The Balaban J connectivity index is 1.75. The van der Waals surface area contributed by atoms with Crippen molar-refractivity contribution in [2.24, 2.45) is 0 Å². The summed E-state index contributed by atoms with van der Waals surface area (Å²) in [6.07, 6.45) is 3.53. The van der Waals surface area contributed by atoms with Crippen LogP contribution in [-0.2, 0) is 0 Å². The standard InChI is InChI=1S/C23H20N4O2/c1-3-19(28)16-5-4-6-17(11-16)27-23-20-18(12-24-22(20)25-13-26-23)21(29)15-9-7-14(2)8-10-15/h4-13H,3H2,1-2H3,(H2,24,25,26,27). The van der Waals surface area contributed by atoms with Gasteiger partial charge >= 0.3 is 0 Å². The van der Waals surface area contributed by atoms with Gasteiger partial charge in [-0.25, -0.2) is 9.97 Å². The number of aromatic nitrogens is 3. The van der Waals surface area contributed by atoms with Crippen LogP contribution in [-0.4, -0.2) is 26.5 Å². The van der Waals surface area contributed by atoms with Crippen molar-refractivity contribution in [2.75, 3.05) is 5.32 Å². The van der Waals surface area contributed by atoms with Gasteiger partial charge in [0.25, 0.3) is 0 Å². The van der Waals surface area contributed by atoms with Gasteiger partial charge in [-0.05, 0) is 19.1 Å². The van der Waals surface area contributed by atoms with Gasteiger partial charge in [-0.2, -0.15) is 0 Å². The number of aromatic amines is 1. The zero-order valence-electron chi connectivity index (χ0n) is 16.2. The van der Waals surface area contributed by atoms with Crippen molar-refractivity contribution in [1.82, 2.24) is 15.0 Å². The van der Waals surface area contributed by atoms with Gasteiger partial charge in [-0.15, -0.1) is 0 Å². The van der Waals surface area contributed by atoms with Gasteiger partial charge in [0.15, 0.2) is 11.6 Å². The van der Waals surface area contributed by atoms with Crippen LogP contribution in [0, 0.1) is 6.92 Å². The first kappa shape index (κ1) is 18.6. The lowest BCUT2D eigenvalue weighted by atomic mass is 10.0.